The zero-order valence-electron chi connectivity index (χ0n) is 22.6. The maximum atomic E-state index is 13.3. The van der Waals surface area contributed by atoms with Gasteiger partial charge in [0.2, 0.25) is 15.9 Å². The summed E-state index contributed by atoms with van der Waals surface area (Å²) in [4.78, 5) is 30.3. The summed E-state index contributed by atoms with van der Waals surface area (Å²) in [6, 6.07) is 11.2. The van der Waals surface area contributed by atoms with Crippen molar-refractivity contribution < 1.29 is 22.7 Å². The molecular formula is C30H34ClN3O5S. The molecule has 212 valence electrons. The molecule has 1 N–H and O–H groups in total. The number of carbonyl (C=O) groups excluding carboxylic acids is 2. The van der Waals surface area contributed by atoms with E-state index in [1.807, 2.05) is 6.07 Å². The minimum absolute atomic E-state index is 0.0802. The van der Waals surface area contributed by atoms with E-state index in [1.54, 1.807) is 36.2 Å². The summed E-state index contributed by atoms with van der Waals surface area (Å²) in [6.07, 6.45) is 7.84. The van der Waals surface area contributed by atoms with Gasteiger partial charge in [-0.25, -0.2) is 13.1 Å². The van der Waals surface area contributed by atoms with Gasteiger partial charge in [-0.1, -0.05) is 29.8 Å². The van der Waals surface area contributed by atoms with Crippen molar-refractivity contribution in [3.8, 4) is 5.75 Å². The minimum atomic E-state index is -3.89. The van der Waals surface area contributed by atoms with Crippen molar-refractivity contribution in [1.82, 2.24) is 9.62 Å². The Labute approximate surface area is 240 Å². The fourth-order valence-corrected chi connectivity index (χ4v) is 7.76. The van der Waals surface area contributed by atoms with Gasteiger partial charge < -0.3 is 14.5 Å². The summed E-state index contributed by atoms with van der Waals surface area (Å²) < 4.78 is 33.9. The van der Waals surface area contributed by atoms with Gasteiger partial charge in [-0.3, -0.25) is 9.59 Å². The van der Waals surface area contributed by atoms with Crippen LogP contribution >= 0.6 is 11.6 Å². The van der Waals surface area contributed by atoms with Gasteiger partial charge in [0.25, 0.3) is 5.91 Å². The molecule has 6 rings (SSSR count). The molecule has 0 radical (unpaired) electrons. The lowest BCUT2D eigenvalue weighted by Crippen LogP contribution is -2.50. The lowest BCUT2D eigenvalue weighted by atomic mass is 9.69. The van der Waals surface area contributed by atoms with E-state index in [1.165, 1.54) is 17.2 Å². The van der Waals surface area contributed by atoms with Gasteiger partial charge in [0, 0.05) is 48.6 Å². The van der Waals surface area contributed by atoms with Gasteiger partial charge in [0.1, 0.15) is 5.75 Å². The molecule has 1 fully saturated rings. The SMILES string of the molecule is CN1C/C=C/CS(=O)(=O)NC(=O)c2ccc3c(c2)N(C[C@@H]2CC[C@H]2C1=O)C[C@@]1(CCCc2cc(Cl)ccc21)CO3. The third-order valence-electron chi connectivity index (χ3n) is 8.97. The number of benzene rings is 2. The molecule has 2 aromatic rings. The van der Waals surface area contributed by atoms with Gasteiger partial charge in [-0.2, -0.15) is 0 Å². The number of hydrogen-bond donors (Lipinski definition) is 1. The van der Waals surface area contributed by atoms with Crippen LogP contribution < -0.4 is 14.4 Å². The van der Waals surface area contributed by atoms with Crippen LogP contribution in [0.2, 0.25) is 5.02 Å². The number of nitrogens with one attached hydrogen (secondary N) is 1. The average molecular weight is 584 g/mol. The summed E-state index contributed by atoms with van der Waals surface area (Å²) >= 11 is 6.36. The Morgan fingerprint density at radius 2 is 1.95 bits per heavy atom. The fraction of sp³-hybridized carbons (Fsp3) is 0.467. The van der Waals surface area contributed by atoms with Gasteiger partial charge in [0.15, 0.2) is 0 Å². The fourth-order valence-electron chi connectivity index (χ4n) is 6.69. The highest BCUT2D eigenvalue weighted by molar-refractivity contribution is 7.90. The summed E-state index contributed by atoms with van der Waals surface area (Å²) in [5.41, 5.74) is 3.19. The van der Waals surface area contributed by atoms with Gasteiger partial charge in [-0.05, 0) is 79.5 Å². The molecule has 2 amide bonds. The Morgan fingerprint density at radius 3 is 2.75 bits per heavy atom. The summed E-state index contributed by atoms with van der Waals surface area (Å²) in [7, 11) is -2.14. The van der Waals surface area contributed by atoms with Crippen LogP contribution in [0.3, 0.4) is 0 Å². The van der Waals surface area contributed by atoms with E-state index < -0.39 is 15.9 Å². The molecule has 2 heterocycles. The first-order chi connectivity index (χ1) is 19.1. The van der Waals surface area contributed by atoms with Crippen LogP contribution in [0.1, 0.15) is 47.2 Å². The van der Waals surface area contributed by atoms with Crippen LogP contribution in [0.4, 0.5) is 5.69 Å². The molecule has 40 heavy (non-hydrogen) atoms. The Hall–Kier alpha value is -3.04. The van der Waals surface area contributed by atoms with E-state index in [0.29, 0.717) is 32.0 Å². The topological polar surface area (TPSA) is 96.0 Å². The third-order valence-corrected chi connectivity index (χ3v) is 10.3. The first kappa shape index (κ1) is 27.1. The monoisotopic (exact) mass is 583 g/mol. The number of halogens is 1. The number of anilines is 1. The highest BCUT2D eigenvalue weighted by Crippen LogP contribution is 2.46. The minimum Gasteiger partial charge on any atom is -0.490 e. The maximum absolute atomic E-state index is 13.3. The Bertz CT molecular complexity index is 1490. The molecule has 3 atom stereocenters. The molecule has 2 aliphatic heterocycles. The number of ether oxygens (including phenoxy) is 1. The van der Waals surface area contributed by atoms with E-state index in [-0.39, 0.29) is 34.5 Å². The maximum Gasteiger partial charge on any atom is 0.264 e. The molecule has 1 spiro atoms. The van der Waals surface area contributed by atoms with Crippen molar-refractivity contribution >= 4 is 39.1 Å². The molecule has 4 aliphatic rings. The standard InChI is InChI=1S/C30H34ClN3O5S/c1-33-13-2-3-14-40(37,38)32-28(35)21-7-11-27-26(16-21)34(17-22-6-9-24(22)29(33)36)18-30(19-39-27)12-4-5-20-15-23(31)8-10-25(20)30/h2-3,7-8,10-11,15-16,22,24H,4-6,9,12-14,17-19H2,1H3,(H,32,35)/b3-2+/t22-,24+,30-/m0/s1. The number of hydrogen-bond acceptors (Lipinski definition) is 6. The van der Waals surface area contributed by atoms with Crippen LogP contribution in [-0.4, -0.2) is 64.2 Å². The second-order valence-corrected chi connectivity index (χ2v) is 13.8. The van der Waals surface area contributed by atoms with Crippen molar-refractivity contribution in [2.75, 3.05) is 43.9 Å². The number of aryl methyl sites for hydroxylation is 1. The van der Waals surface area contributed by atoms with Gasteiger partial charge in [0.05, 0.1) is 18.0 Å². The zero-order chi connectivity index (χ0) is 28.1. The van der Waals surface area contributed by atoms with Crippen LogP contribution in [0.5, 0.6) is 5.75 Å². The predicted molar refractivity (Wildman–Crippen MR) is 154 cm³/mol. The van der Waals surface area contributed by atoms with Gasteiger partial charge in [-0.15, -0.1) is 0 Å². The molecule has 2 aliphatic carbocycles. The average Bonchev–Trinajstić information content (AvgIpc) is 3.05. The first-order valence-corrected chi connectivity index (χ1v) is 15.9. The predicted octanol–water partition coefficient (Wildman–Crippen LogP) is 3.93. The quantitative estimate of drug-likeness (QED) is 0.472. The van der Waals surface area contributed by atoms with E-state index in [2.05, 4.69) is 21.8 Å². The number of amides is 2. The smallest absolute Gasteiger partial charge is 0.264 e. The Kier molecular flexibility index (Phi) is 7.07. The Morgan fingerprint density at radius 1 is 1.10 bits per heavy atom. The van der Waals surface area contributed by atoms with Crippen LogP contribution in [-0.2, 0) is 26.7 Å². The van der Waals surface area contributed by atoms with Crippen molar-refractivity contribution in [2.24, 2.45) is 11.8 Å². The molecule has 0 aromatic heterocycles. The summed E-state index contributed by atoms with van der Waals surface area (Å²) in [5, 5.41) is 0.721. The second kappa shape index (κ2) is 10.4. The number of carbonyl (C=O) groups is 2. The highest BCUT2D eigenvalue weighted by atomic mass is 35.5. The van der Waals surface area contributed by atoms with E-state index in [0.717, 1.165) is 42.8 Å². The number of sulfonamides is 1. The molecule has 2 aromatic carbocycles. The van der Waals surface area contributed by atoms with Crippen molar-refractivity contribution in [2.45, 2.75) is 37.5 Å². The van der Waals surface area contributed by atoms with E-state index in [9.17, 15) is 18.0 Å². The number of nitrogens with zero attached hydrogens (tertiary/aromatic N) is 2. The van der Waals surface area contributed by atoms with Crippen molar-refractivity contribution in [3.63, 3.8) is 0 Å². The van der Waals surface area contributed by atoms with Gasteiger partial charge >= 0.3 is 0 Å². The van der Waals surface area contributed by atoms with Crippen molar-refractivity contribution in [1.29, 1.82) is 0 Å². The number of fused-ring (bicyclic) bond motifs is 4. The third kappa shape index (κ3) is 5.09. The molecule has 0 saturated heterocycles. The molecule has 0 unspecified atom stereocenters. The molecule has 1 saturated carbocycles. The number of rotatable bonds is 0. The van der Waals surface area contributed by atoms with Crippen LogP contribution in [0.25, 0.3) is 0 Å². The normalized spacial score (nSPS) is 28.9. The molecule has 10 heteroatoms. The second-order valence-electron chi connectivity index (χ2n) is 11.6. The summed E-state index contributed by atoms with van der Waals surface area (Å²) in [5.74, 6) is -0.214. The zero-order valence-corrected chi connectivity index (χ0v) is 24.1. The highest BCUT2D eigenvalue weighted by Gasteiger charge is 2.44. The summed E-state index contributed by atoms with van der Waals surface area (Å²) in [6.45, 7) is 2.10. The van der Waals surface area contributed by atoms with Crippen LogP contribution in [0, 0.1) is 11.8 Å². The largest absolute Gasteiger partial charge is 0.490 e. The van der Waals surface area contributed by atoms with Crippen molar-refractivity contribution in [3.05, 3.63) is 70.3 Å². The molecule has 2 bridgehead atoms. The van der Waals surface area contributed by atoms with E-state index in [4.69, 9.17) is 16.3 Å². The molecular weight excluding hydrogens is 550 g/mol. The van der Waals surface area contributed by atoms with Crippen LogP contribution in [0.15, 0.2) is 48.6 Å². The lowest BCUT2D eigenvalue weighted by molar-refractivity contribution is -0.139. The Balaban J connectivity index is 1.42. The first-order valence-electron chi connectivity index (χ1n) is 13.9. The lowest BCUT2D eigenvalue weighted by Gasteiger charge is -2.44. The molecule has 8 nitrogen and oxygen atoms in total. The number of likely N-dealkylation sites (N-methyl/N-ethyl adjacent to an activating group) is 1. The van der Waals surface area contributed by atoms with E-state index >= 15 is 0 Å².